The Bertz CT molecular complexity index is 396. The van der Waals surface area contributed by atoms with Crippen LogP contribution >= 0.6 is 0 Å². The third-order valence-electron chi connectivity index (χ3n) is 2.96. The van der Waals surface area contributed by atoms with E-state index in [0.29, 0.717) is 24.8 Å². The predicted octanol–water partition coefficient (Wildman–Crippen LogP) is 3.38. The van der Waals surface area contributed by atoms with Crippen LogP contribution in [0.2, 0.25) is 0 Å². The molecular weight excluding hydrogens is 257 g/mol. The van der Waals surface area contributed by atoms with Crippen molar-refractivity contribution < 1.29 is 13.9 Å². The lowest BCUT2D eigenvalue weighted by molar-refractivity contribution is 0.131. The minimum Gasteiger partial charge on any atom is -0.487 e. The van der Waals surface area contributed by atoms with Crippen LogP contribution in [0.25, 0.3) is 0 Å². The zero-order chi connectivity index (χ0) is 15.0. The molecular formula is C16H26FNO2. The van der Waals surface area contributed by atoms with E-state index in [9.17, 15) is 4.39 Å². The Balaban J connectivity index is 2.67. The molecule has 1 atom stereocenters. The number of halogens is 1. The molecule has 0 heterocycles. The van der Waals surface area contributed by atoms with Gasteiger partial charge in [0.2, 0.25) is 0 Å². The number of hydrogen-bond acceptors (Lipinski definition) is 3. The molecule has 1 aromatic carbocycles. The van der Waals surface area contributed by atoms with Gasteiger partial charge in [-0.05, 0) is 25.5 Å². The van der Waals surface area contributed by atoms with Crippen LogP contribution in [0.3, 0.4) is 0 Å². The molecule has 114 valence electrons. The normalized spacial score (nSPS) is 12.7. The molecule has 0 spiro atoms. The third-order valence-corrected chi connectivity index (χ3v) is 2.96. The molecule has 0 aliphatic carbocycles. The number of hydrogen-bond donors (Lipinski definition) is 1. The Labute approximate surface area is 121 Å². The first-order chi connectivity index (χ1) is 9.54. The minimum absolute atomic E-state index is 0.0734. The molecule has 20 heavy (non-hydrogen) atoms. The third kappa shape index (κ3) is 5.88. The summed E-state index contributed by atoms with van der Waals surface area (Å²) in [4.78, 5) is 0. The summed E-state index contributed by atoms with van der Waals surface area (Å²) in [5.41, 5.74) is 0.856. The predicted molar refractivity (Wildman–Crippen MR) is 79.5 cm³/mol. The van der Waals surface area contributed by atoms with Crippen molar-refractivity contribution in [3.63, 3.8) is 0 Å². The fourth-order valence-corrected chi connectivity index (χ4v) is 1.86. The van der Waals surface area contributed by atoms with Gasteiger partial charge in [0, 0.05) is 32.2 Å². The first-order valence-corrected chi connectivity index (χ1v) is 7.18. The maximum Gasteiger partial charge on any atom is 0.165 e. The smallest absolute Gasteiger partial charge is 0.165 e. The summed E-state index contributed by atoms with van der Waals surface area (Å²) >= 11 is 0. The van der Waals surface area contributed by atoms with E-state index in [0.717, 1.165) is 18.5 Å². The molecule has 0 radical (unpaired) electrons. The standard InChI is InChI=1S/C16H26FNO2/c1-12(2)10-18-11-14-6-5-7-15(17)16(14)20-13(3)8-9-19-4/h5-7,12-13,18H,8-11H2,1-4H3. The number of nitrogens with one attached hydrogen (secondary N) is 1. The van der Waals surface area contributed by atoms with Gasteiger partial charge in [-0.3, -0.25) is 0 Å². The van der Waals surface area contributed by atoms with Crippen molar-refractivity contribution in [3.05, 3.63) is 29.6 Å². The fraction of sp³-hybridized carbons (Fsp3) is 0.625. The van der Waals surface area contributed by atoms with Crippen LogP contribution in [0.4, 0.5) is 4.39 Å². The van der Waals surface area contributed by atoms with Gasteiger partial charge >= 0.3 is 0 Å². The highest BCUT2D eigenvalue weighted by atomic mass is 19.1. The highest BCUT2D eigenvalue weighted by molar-refractivity contribution is 5.35. The average molecular weight is 283 g/mol. The minimum atomic E-state index is -0.307. The van der Waals surface area contributed by atoms with Crippen molar-refractivity contribution >= 4 is 0 Å². The van der Waals surface area contributed by atoms with Crippen LogP contribution in [-0.2, 0) is 11.3 Å². The summed E-state index contributed by atoms with van der Waals surface area (Å²) < 4.78 is 24.7. The summed E-state index contributed by atoms with van der Waals surface area (Å²) in [6, 6.07) is 5.05. The van der Waals surface area contributed by atoms with E-state index in [1.165, 1.54) is 6.07 Å². The van der Waals surface area contributed by atoms with Crippen LogP contribution in [-0.4, -0.2) is 26.4 Å². The van der Waals surface area contributed by atoms with Crippen molar-refractivity contribution in [1.82, 2.24) is 5.32 Å². The van der Waals surface area contributed by atoms with Crippen molar-refractivity contribution in [3.8, 4) is 5.75 Å². The first kappa shape index (κ1) is 16.9. The molecule has 1 N–H and O–H groups in total. The summed E-state index contributed by atoms with van der Waals surface area (Å²) in [6.07, 6.45) is 0.666. The summed E-state index contributed by atoms with van der Waals surface area (Å²) in [7, 11) is 1.65. The van der Waals surface area contributed by atoms with E-state index < -0.39 is 0 Å². The van der Waals surface area contributed by atoms with E-state index in [1.807, 2.05) is 13.0 Å². The van der Waals surface area contributed by atoms with E-state index in [-0.39, 0.29) is 11.9 Å². The van der Waals surface area contributed by atoms with Gasteiger partial charge in [-0.2, -0.15) is 0 Å². The second-order valence-corrected chi connectivity index (χ2v) is 5.46. The Morgan fingerprint density at radius 1 is 1.25 bits per heavy atom. The van der Waals surface area contributed by atoms with Crippen LogP contribution in [0.1, 0.15) is 32.8 Å². The van der Waals surface area contributed by atoms with Crippen LogP contribution in [0.5, 0.6) is 5.75 Å². The number of methoxy groups -OCH3 is 1. The zero-order valence-corrected chi connectivity index (χ0v) is 12.9. The fourth-order valence-electron chi connectivity index (χ4n) is 1.86. The van der Waals surface area contributed by atoms with Crippen molar-refractivity contribution in [2.45, 2.75) is 39.8 Å². The number of rotatable bonds is 9. The van der Waals surface area contributed by atoms with Gasteiger partial charge in [-0.15, -0.1) is 0 Å². The number of benzene rings is 1. The molecule has 0 aliphatic rings. The zero-order valence-electron chi connectivity index (χ0n) is 12.9. The Kier molecular flexibility index (Phi) is 7.55. The number of ether oxygens (including phenoxy) is 2. The molecule has 4 heteroatoms. The van der Waals surface area contributed by atoms with Gasteiger partial charge in [0.05, 0.1) is 6.10 Å². The summed E-state index contributed by atoms with van der Waals surface area (Å²) in [5, 5.41) is 3.31. The second-order valence-electron chi connectivity index (χ2n) is 5.46. The van der Waals surface area contributed by atoms with Crippen LogP contribution in [0.15, 0.2) is 18.2 Å². The lowest BCUT2D eigenvalue weighted by Gasteiger charge is -2.18. The lowest BCUT2D eigenvalue weighted by atomic mass is 10.1. The molecule has 0 fully saturated rings. The van der Waals surface area contributed by atoms with Crippen LogP contribution < -0.4 is 10.1 Å². The van der Waals surface area contributed by atoms with Gasteiger partial charge in [-0.1, -0.05) is 26.0 Å². The van der Waals surface area contributed by atoms with E-state index in [2.05, 4.69) is 19.2 Å². The maximum absolute atomic E-state index is 13.9. The van der Waals surface area contributed by atoms with E-state index in [1.54, 1.807) is 13.2 Å². The first-order valence-electron chi connectivity index (χ1n) is 7.18. The van der Waals surface area contributed by atoms with Gasteiger partial charge < -0.3 is 14.8 Å². The van der Waals surface area contributed by atoms with Crippen LogP contribution in [0, 0.1) is 11.7 Å². The molecule has 0 saturated carbocycles. The molecule has 0 aromatic heterocycles. The molecule has 0 amide bonds. The second kappa shape index (κ2) is 8.93. The van der Waals surface area contributed by atoms with Gasteiger partial charge in [0.25, 0.3) is 0 Å². The molecule has 0 aliphatic heterocycles. The number of para-hydroxylation sites is 1. The topological polar surface area (TPSA) is 30.5 Å². The van der Waals surface area contributed by atoms with Gasteiger partial charge in [-0.25, -0.2) is 4.39 Å². The lowest BCUT2D eigenvalue weighted by Crippen LogP contribution is -2.21. The highest BCUT2D eigenvalue weighted by Crippen LogP contribution is 2.24. The SMILES string of the molecule is COCCC(C)Oc1c(F)cccc1CNCC(C)C. The van der Waals surface area contributed by atoms with Gasteiger partial charge in [0.1, 0.15) is 0 Å². The van der Waals surface area contributed by atoms with Gasteiger partial charge in [0.15, 0.2) is 11.6 Å². The van der Waals surface area contributed by atoms with E-state index >= 15 is 0 Å². The molecule has 1 unspecified atom stereocenters. The van der Waals surface area contributed by atoms with Crippen molar-refractivity contribution in [2.75, 3.05) is 20.3 Å². The molecule has 3 nitrogen and oxygen atoms in total. The van der Waals surface area contributed by atoms with E-state index in [4.69, 9.17) is 9.47 Å². The maximum atomic E-state index is 13.9. The Morgan fingerprint density at radius 3 is 2.65 bits per heavy atom. The molecule has 1 aromatic rings. The van der Waals surface area contributed by atoms with Crippen molar-refractivity contribution in [1.29, 1.82) is 0 Å². The summed E-state index contributed by atoms with van der Waals surface area (Å²) in [5.74, 6) is 0.610. The highest BCUT2D eigenvalue weighted by Gasteiger charge is 2.13. The largest absolute Gasteiger partial charge is 0.487 e. The van der Waals surface area contributed by atoms with Crippen molar-refractivity contribution in [2.24, 2.45) is 5.92 Å². The molecule has 0 bridgehead atoms. The summed E-state index contributed by atoms with van der Waals surface area (Å²) in [6.45, 7) is 8.33. The Morgan fingerprint density at radius 2 is 2.00 bits per heavy atom. The Hall–Kier alpha value is -1.13. The quantitative estimate of drug-likeness (QED) is 0.753. The molecule has 0 saturated heterocycles. The monoisotopic (exact) mass is 283 g/mol. The average Bonchev–Trinajstić information content (AvgIpc) is 2.39. The molecule has 1 rings (SSSR count).